The molecule has 1 saturated carbocycles. The van der Waals surface area contributed by atoms with E-state index in [2.05, 4.69) is 5.32 Å². The fourth-order valence-electron chi connectivity index (χ4n) is 7.34. The van der Waals surface area contributed by atoms with Crippen molar-refractivity contribution < 1.29 is 82.1 Å². The highest BCUT2D eigenvalue weighted by Gasteiger charge is 2.55. The van der Waals surface area contributed by atoms with Crippen LogP contribution in [0, 0.1) is 0 Å². The van der Waals surface area contributed by atoms with E-state index in [-0.39, 0.29) is 26.1 Å². The Morgan fingerprint density at radius 1 is 0.649 bits per heavy atom. The van der Waals surface area contributed by atoms with Gasteiger partial charge in [-0.15, -0.1) is 0 Å². The predicted octanol–water partition coefficient (Wildman–Crippen LogP) is -5.99. The molecule has 57 heavy (non-hydrogen) atoms. The molecule has 328 valence electrons. The lowest BCUT2D eigenvalue weighted by Crippen LogP contribution is -2.68. The smallest absolute Gasteiger partial charge is 0.394 e. The van der Waals surface area contributed by atoms with Crippen LogP contribution in [-0.4, -0.2) is 191 Å². The largest absolute Gasteiger partial charge is 0.416 e. The van der Waals surface area contributed by atoms with Crippen LogP contribution in [0.4, 0.5) is 13.2 Å². The number of ether oxygens (including phenoxy) is 7. The monoisotopic (exact) mass is 830 g/mol. The molecular weight excluding hydrogens is 773 g/mol. The molecular formula is C34H57F3N6O14. The molecule has 0 aromatic heterocycles. The summed E-state index contributed by atoms with van der Waals surface area (Å²) in [6.07, 6.45) is -24.5. The molecule has 4 fully saturated rings. The maximum absolute atomic E-state index is 13.0. The van der Waals surface area contributed by atoms with Crippen molar-refractivity contribution >= 4 is 0 Å². The Balaban J connectivity index is 1.32. The number of nitrogens with two attached hydrogens (primary N) is 5. The van der Waals surface area contributed by atoms with Crippen molar-refractivity contribution in [2.75, 3.05) is 39.5 Å². The number of alkyl halides is 3. The van der Waals surface area contributed by atoms with Crippen LogP contribution < -0.4 is 34.0 Å². The van der Waals surface area contributed by atoms with Gasteiger partial charge in [-0.05, 0) is 37.1 Å². The number of nitrogens with one attached hydrogen (secondary N) is 1. The van der Waals surface area contributed by atoms with Crippen molar-refractivity contribution in [1.82, 2.24) is 5.32 Å². The second kappa shape index (κ2) is 20.2. The van der Waals surface area contributed by atoms with Crippen molar-refractivity contribution in [1.29, 1.82) is 0 Å². The van der Waals surface area contributed by atoms with Crippen molar-refractivity contribution in [2.45, 2.75) is 135 Å². The topological polar surface area (TPSA) is 348 Å². The molecule has 1 aromatic carbocycles. The molecule has 3 aliphatic heterocycles. The third kappa shape index (κ3) is 10.8. The minimum absolute atomic E-state index is 0.0320. The first-order valence-electron chi connectivity index (χ1n) is 18.8. The Labute approximate surface area is 326 Å². The summed E-state index contributed by atoms with van der Waals surface area (Å²) in [5, 5.41) is 76.4. The second-order valence-electron chi connectivity index (χ2n) is 14.7. The zero-order valence-corrected chi connectivity index (χ0v) is 30.9. The predicted molar refractivity (Wildman–Crippen MR) is 188 cm³/mol. The van der Waals surface area contributed by atoms with E-state index < -0.39 is 141 Å². The maximum Gasteiger partial charge on any atom is 0.416 e. The molecule has 4 aliphatic rings. The molecule has 0 bridgehead atoms. The minimum Gasteiger partial charge on any atom is -0.394 e. The van der Waals surface area contributed by atoms with E-state index in [1.807, 2.05) is 0 Å². The van der Waals surface area contributed by atoms with E-state index in [1.165, 1.54) is 12.1 Å². The van der Waals surface area contributed by atoms with Crippen LogP contribution in [0.2, 0.25) is 0 Å². The Hall–Kier alpha value is -1.79. The van der Waals surface area contributed by atoms with Gasteiger partial charge in [-0.25, -0.2) is 0 Å². The normalized spacial score (nSPS) is 43.0. The summed E-state index contributed by atoms with van der Waals surface area (Å²) in [4.78, 5) is 0. The summed E-state index contributed by atoms with van der Waals surface area (Å²) >= 11 is 0. The molecule has 0 radical (unpaired) electrons. The molecule has 0 spiro atoms. The molecule has 19 atom stereocenters. The van der Waals surface area contributed by atoms with Crippen molar-refractivity contribution in [2.24, 2.45) is 28.7 Å². The van der Waals surface area contributed by atoms with Gasteiger partial charge in [0.2, 0.25) is 0 Å². The summed E-state index contributed by atoms with van der Waals surface area (Å²) in [6, 6.07) is 0.302. The van der Waals surface area contributed by atoms with Crippen molar-refractivity contribution in [3.8, 4) is 0 Å². The van der Waals surface area contributed by atoms with Gasteiger partial charge in [0, 0.05) is 25.2 Å². The van der Waals surface area contributed by atoms with Crippen LogP contribution in [0.25, 0.3) is 0 Å². The molecule has 5 rings (SSSR count). The molecule has 3 saturated heterocycles. The van der Waals surface area contributed by atoms with Gasteiger partial charge in [0.05, 0.1) is 43.6 Å². The molecule has 0 amide bonds. The summed E-state index contributed by atoms with van der Waals surface area (Å²) in [7, 11) is 0. The Kier molecular flexibility index (Phi) is 16.4. The number of rotatable bonds is 16. The van der Waals surface area contributed by atoms with E-state index in [9.17, 15) is 48.9 Å². The highest BCUT2D eigenvalue weighted by atomic mass is 19.4. The molecule has 23 heteroatoms. The summed E-state index contributed by atoms with van der Waals surface area (Å²) in [5.41, 5.74) is 30.6. The quantitative estimate of drug-likeness (QED) is 0.0690. The first-order chi connectivity index (χ1) is 27.0. The third-order valence-electron chi connectivity index (χ3n) is 10.8. The minimum atomic E-state index is -4.45. The highest BCUT2D eigenvalue weighted by molar-refractivity contribution is 5.24. The Morgan fingerprint density at radius 2 is 1.19 bits per heavy atom. The zero-order chi connectivity index (χ0) is 41.8. The second-order valence-corrected chi connectivity index (χ2v) is 14.7. The van der Waals surface area contributed by atoms with Crippen LogP contribution in [0.15, 0.2) is 24.3 Å². The summed E-state index contributed by atoms with van der Waals surface area (Å²) in [5.74, 6) is 0. The zero-order valence-electron chi connectivity index (χ0n) is 30.9. The number of aliphatic hydroxyl groups excluding tert-OH is 7. The molecule has 0 unspecified atom stereocenters. The Morgan fingerprint density at radius 3 is 1.77 bits per heavy atom. The molecule has 18 N–H and O–H groups in total. The van der Waals surface area contributed by atoms with Crippen LogP contribution in [0.1, 0.15) is 17.5 Å². The lowest BCUT2D eigenvalue weighted by Gasteiger charge is -2.47. The van der Waals surface area contributed by atoms with Crippen LogP contribution in [0.3, 0.4) is 0 Å². The molecule has 3 heterocycles. The molecule has 1 aliphatic carbocycles. The van der Waals surface area contributed by atoms with Gasteiger partial charge in [0.1, 0.15) is 67.1 Å². The van der Waals surface area contributed by atoms with Gasteiger partial charge in [-0.3, -0.25) is 0 Å². The maximum atomic E-state index is 13.0. The third-order valence-corrected chi connectivity index (χ3v) is 10.8. The van der Waals surface area contributed by atoms with E-state index in [0.717, 1.165) is 12.1 Å². The highest BCUT2D eigenvalue weighted by Crippen LogP contribution is 2.36. The van der Waals surface area contributed by atoms with Gasteiger partial charge >= 0.3 is 6.18 Å². The van der Waals surface area contributed by atoms with E-state index in [1.54, 1.807) is 0 Å². The average molecular weight is 831 g/mol. The Bertz CT molecular complexity index is 1380. The van der Waals surface area contributed by atoms with Crippen LogP contribution in [0.5, 0.6) is 0 Å². The van der Waals surface area contributed by atoms with Crippen molar-refractivity contribution in [3.63, 3.8) is 0 Å². The first-order valence-corrected chi connectivity index (χ1v) is 18.8. The number of aliphatic hydroxyl groups is 7. The van der Waals surface area contributed by atoms with Crippen LogP contribution >= 0.6 is 0 Å². The fourth-order valence-corrected chi connectivity index (χ4v) is 7.34. The average Bonchev–Trinajstić information content (AvgIpc) is 3.51. The molecule has 20 nitrogen and oxygen atoms in total. The fraction of sp³-hybridized carbons (Fsp3) is 0.824. The number of hydrogen-bond acceptors (Lipinski definition) is 20. The number of halogens is 3. The van der Waals surface area contributed by atoms with E-state index >= 15 is 0 Å². The lowest BCUT2D eigenvalue weighted by molar-refractivity contribution is -0.311. The SMILES string of the molecule is NC[C@@H]1O[C@H](O[C@H]2[C@@H](OCCNCCc3ccc(C(F)(F)F)cc3)[C@H](O[C@@H]3[C@@H](O)[C@H](N)C[C@H](N)[C@H]3O[C@H]3O[C@H](CO)[C@@H](O)[C@H](O)[C@H]3N)O[C@@H]2CO)[C@H](N)[C@@H](O)[C@@H]1O. The van der Waals surface area contributed by atoms with Gasteiger partial charge in [0.25, 0.3) is 0 Å². The van der Waals surface area contributed by atoms with Gasteiger partial charge < -0.3 is 103 Å². The van der Waals surface area contributed by atoms with E-state index in [0.29, 0.717) is 18.5 Å². The van der Waals surface area contributed by atoms with Crippen molar-refractivity contribution in [3.05, 3.63) is 35.4 Å². The van der Waals surface area contributed by atoms with Gasteiger partial charge in [-0.1, -0.05) is 12.1 Å². The van der Waals surface area contributed by atoms with Gasteiger partial charge in [0.15, 0.2) is 18.9 Å². The summed E-state index contributed by atoms with van der Waals surface area (Å²) < 4.78 is 81.1. The summed E-state index contributed by atoms with van der Waals surface area (Å²) in [6.45, 7) is -1.05. The standard InChI is InChI=1S/C34H57F3N6O14/c35-34(36,37)14-3-1-13(2-4-14)5-6-43-7-8-51-30-28(56-31-20(41)25(49)23(47)17(10-38)52-31)19(12-45)54-33(30)57-29-22(46)15(39)9-16(40)27(29)55-32-21(42)26(50)24(48)18(11-44)53-32/h1-4,15-33,43-50H,5-12,38-42H2/t15-,16+,17+,18-,19-,20-,21-,22+,23-,24-,25-,26-,27-,28-,29-,30-,31-,32-,33+/m1/s1. The number of hydrogen-bond donors (Lipinski definition) is 13. The molecule has 1 aromatic rings. The van der Waals surface area contributed by atoms with E-state index in [4.69, 9.17) is 61.8 Å². The van der Waals surface area contributed by atoms with Crippen LogP contribution in [-0.2, 0) is 45.8 Å². The van der Waals surface area contributed by atoms with Gasteiger partial charge in [-0.2, -0.15) is 13.2 Å². The number of benzene rings is 1. The first kappa shape index (κ1) is 46.3. The lowest BCUT2D eigenvalue weighted by atomic mass is 9.84.